The molecule has 0 fully saturated rings. The molecule has 2 heterocycles. The van der Waals surface area contributed by atoms with Crippen LogP contribution < -0.4 is 4.90 Å². The first-order valence-electron chi connectivity index (χ1n) is 6.24. The highest BCUT2D eigenvalue weighted by Gasteiger charge is 2.23. The van der Waals surface area contributed by atoms with Crippen LogP contribution in [0.2, 0.25) is 0 Å². The third-order valence-electron chi connectivity index (χ3n) is 3.56. The maximum Gasteiger partial charge on any atom is 0.127 e. The van der Waals surface area contributed by atoms with Crippen molar-refractivity contribution in [2.45, 2.75) is 19.1 Å². The van der Waals surface area contributed by atoms with Gasteiger partial charge in [0.2, 0.25) is 0 Å². The van der Waals surface area contributed by atoms with Crippen molar-refractivity contribution in [3.8, 4) is 0 Å². The summed E-state index contributed by atoms with van der Waals surface area (Å²) in [6.07, 6.45) is 4.22. The molecular weight excluding hydrogens is 226 g/mol. The van der Waals surface area contributed by atoms with Gasteiger partial charge in [0.05, 0.1) is 12.6 Å². The molecule has 0 radical (unpaired) electrons. The van der Waals surface area contributed by atoms with Crippen LogP contribution in [-0.2, 0) is 13.6 Å². The van der Waals surface area contributed by atoms with E-state index in [1.807, 2.05) is 42.2 Å². The maximum atomic E-state index is 10.0. The third kappa shape index (κ3) is 1.88. The lowest BCUT2D eigenvalue weighted by atomic mass is 9.99. The Labute approximate surface area is 107 Å². The Morgan fingerprint density at radius 2 is 2.22 bits per heavy atom. The van der Waals surface area contributed by atoms with Crippen LogP contribution in [0, 0.1) is 0 Å². The average molecular weight is 243 g/mol. The number of hydrogen-bond acceptors (Lipinski definition) is 3. The zero-order chi connectivity index (χ0) is 12.5. The number of nitrogens with zero attached hydrogens (tertiary/aromatic N) is 3. The molecule has 0 spiro atoms. The zero-order valence-corrected chi connectivity index (χ0v) is 10.5. The van der Waals surface area contributed by atoms with Gasteiger partial charge in [-0.3, -0.25) is 0 Å². The highest BCUT2D eigenvalue weighted by atomic mass is 16.3. The molecule has 4 heteroatoms. The van der Waals surface area contributed by atoms with Crippen LogP contribution in [0.1, 0.15) is 23.9 Å². The minimum absolute atomic E-state index is 0.334. The lowest BCUT2D eigenvalue weighted by Crippen LogP contribution is -2.31. The number of aryl methyl sites for hydroxylation is 1. The number of imidazole rings is 1. The van der Waals surface area contributed by atoms with Gasteiger partial charge >= 0.3 is 0 Å². The zero-order valence-electron chi connectivity index (χ0n) is 10.5. The van der Waals surface area contributed by atoms with Gasteiger partial charge in [-0.1, -0.05) is 18.2 Å². The Balaban J connectivity index is 1.91. The summed E-state index contributed by atoms with van der Waals surface area (Å²) in [5, 5.41) is 10.0. The van der Waals surface area contributed by atoms with Crippen LogP contribution in [0.5, 0.6) is 0 Å². The molecule has 0 saturated carbocycles. The quantitative estimate of drug-likeness (QED) is 0.875. The van der Waals surface area contributed by atoms with Crippen molar-refractivity contribution in [1.82, 2.24) is 9.55 Å². The topological polar surface area (TPSA) is 41.3 Å². The van der Waals surface area contributed by atoms with E-state index >= 15 is 0 Å². The van der Waals surface area contributed by atoms with E-state index in [1.54, 1.807) is 0 Å². The predicted molar refractivity (Wildman–Crippen MR) is 70.3 cm³/mol. The fourth-order valence-corrected chi connectivity index (χ4v) is 2.50. The van der Waals surface area contributed by atoms with E-state index in [2.05, 4.69) is 16.0 Å². The molecule has 18 heavy (non-hydrogen) atoms. The van der Waals surface area contributed by atoms with Gasteiger partial charge in [-0.2, -0.15) is 0 Å². The van der Waals surface area contributed by atoms with Gasteiger partial charge in [0.25, 0.3) is 0 Å². The summed E-state index contributed by atoms with van der Waals surface area (Å²) in [5.74, 6) is 1.04. The number of rotatable bonds is 2. The number of para-hydroxylation sites is 1. The van der Waals surface area contributed by atoms with E-state index in [0.29, 0.717) is 0 Å². The van der Waals surface area contributed by atoms with E-state index in [-0.39, 0.29) is 6.10 Å². The molecule has 94 valence electrons. The van der Waals surface area contributed by atoms with Crippen LogP contribution in [0.25, 0.3) is 0 Å². The van der Waals surface area contributed by atoms with E-state index in [0.717, 1.165) is 36.6 Å². The summed E-state index contributed by atoms with van der Waals surface area (Å²) in [6.45, 7) is 1.65. The number of aliphatic hydroxyl groups is 1. The summed E-state index contributed by atoms with van der Waals surface area (Å²) in [4.78, 5) is 6.64. The van der Waals surface area contributed by atoms with Gasteiger partial charge in [-0.05, 0) is 12.5 Å². The Hall–Kier alpha value is -1.81. The smallest absolute Gasteiger partial charge is 0.127 e. The molecule has 1 unspecified atom stereocenters. The van der Waals surface area contributed by atoms with E-state index < -0.39 is 0 Å². The van der Waals surface area contributed by atoms with Crippen molar-refractivity contribution < 1.29 is 5.11 Å². The van der Waals surface area contributed by atoms with Gasteiger partial charge < -0.3 is 14.6 Å². The highest BCUT2D eigenvalue weighted by molar-refractivity contribution is 5.56. The number of hydrogen-bond donors (Lipinski definition) is 1. The predicted octanol–water partition coefficient (Wildman–Crippen LogP) is 1.86. The van der Waals surface area contributed by atoms with Crippen molar-refractivity contribution >= 4 is 5.69 Å². The molecule has 1 aromatic carbocycles. The minimum atomic E-state index is -0.334. The molecule has 1 aliphatic rings. The van der Waals surface area contributed by atoms with E-state index in [1.165, 1.54) is 0 Å². The average Bonchev–Trinajstić information content (AvgIpc) is 2.79. The first-order valence-corrected chi connectivity index (χ1v) is 6.24. The van der Waals surface area contributed by atoms with Gasteiger partial charge in [0, 0.05) is 37.2 Å². The largest absolute Gasteiger partial charge is 0.388 e. The van der Waals surface area contributed by atoms with Crippen molar-refractivity contribution in [3.63, 3.8) is 0 Å². The van der Waals surface area contributed by atoms with Crippen molar-refractivity contribution in [1.29, 1.82) is 0 Å². The number of anilines is 1. The molecule has 1 aliphatic heterocycles. The molecule has 1 aromatic heterocycles. The highest BCUT2D eigenvalue weighted by Crippen LogP contribution is 2.33. The minimum Gasteiger partial charge on any atom is -0.388 e. The summed E-state index contributed by atoms with van der Waals surface area (Å²) >= 11 is 0. The third-order valence-corrected chi connectivity index (χ3v) is 3.56. The number of aliphatic hydroxyl groups excluding tert-OH is 1. The van der Waals surface area contributed by atoms with Crippen molar-refractivity contribution in [2.24, 2.45) is 7.05 Å². The van der Waals surface area contributed by atoms with Crippen LogP contribution in [0.3, 0.4) is 0 Å². The van der Waals surface area contributed by atoms with E-state index in [4.69, 9.17) is 0 Å². The Bertz CT molecular complexity index is 549. The lowest BCUT2D eigenvalue weighted by molar-refractivity contribution is 0.164. The second-order valence-electron chi connectivity index (χ2n) is 4.74. The fourth-order valence-electron chi connectivity index (χ4n) is 2.50. The molecule has 2 aromatic rings. The summed E-state index contributed by atoms with van der Waals surface area (Å²) in [7, 11) is 2.01. The molecule has 0 bridgehead atoms. The molecule has 1 atom stereocenters. The molecule has 0 saturated heterocycles. The maximum absolute atomic E-state index is 10.0. The number of benzene rings is 1. The SMILES string of the molecule is Cn1ccnc1CN1CCC(O)c2ccccc21. The number of fused-ring (bicyclic) bond motifs is 1. The van der Waals surface area contributed by atoms with Gasteiger partial charge in [0.1, 0.15) is 5.82 Å². The van der Waals surface area contributed by atoms with Crippen LogP contribution >= 0.6 is 0 Å². The molecule has 3 rings (SSSR count). The Morgan fingerprint density at radius 3 is 3.00 bits per heavy atom. The monoisotopic (exact) mass is 243 g/mol. The van der Waals surface area contributed by atoms with Gasteiger partial charge in [-0.25, -0.2) is 4.98 Å². The molecular formula is C14H17N3O. The second-order valence-corrected chi connectivity index (χ2v) is 4.74. The summed E-state index contributed by atoms with van der Waals surface area (Å²) in [5.41, 5.74) is 2.15. The summed E-state index contributed by atoms with van der Waals surface area (Å²) in [6, 6.07) is 8.07. The lowest BCUT2D eigenvalue weighted by Gasteiger charge is -2.33. The second kappa shape index (κ2) is 4.46. The van der Waals surface area contributed by atoms with Crippen molar-refractivity contribution in [2.75, 3.05) is 11.4 Å². The van der Waals surface area contributed by atoms with Crippen LogP contribution in [0.4, 0.5) is 5.69 Å². The van der Waals surface area contributed by atoms with E-state index in [9.17, 15) is 5.11 Å². The molecule has 0 aliphatic carbocycles. The summed E-state index contributed by atoms with van der Waals surface area (Å²) < 4.78 is 2.04. The normalized spacial score (nSPS) is 18.8. The van der Waals surface area contributed by atoms with Gasteiger partial charge in [0.15, 0.2) is 0 Å². The Kier molecular flexibility index (Phi) is 2.80. The number of aromatic nitrogens is 2. The Morgan fingerprint density at radius 1 is 1.39 bits per heavy atom. The standard InChI is InChI=1S/C14H17N3O/c1-16-9-7-15-14(16)10-17-8-6-13(18)11-4-2-3-5-12(11)17/h2-5,7,9,13,18H,6,8,10H2,1H3. The molecule has 0 amide bonds. The fraction of sp³-hybridized carbons (Fsp3) is 0.357. The first kappa shape index (κ1) is 11.3. The van der Waals surface area contributed by atoms with Gasteiger partial charge in [-0.15, -0.1) is 0 Å². The van der Waals surface area contributed by atoms with Crippen molar-refractivity contribution in [3.05, 3.63) is 48.0 Å². The van der Waals surface area contributed by atoms with Crippen LogP contribution in [0.15, 0.2) is 36.7 Å². The van der Waals surface area contributed by atoms with Crippen LogP contribution in [-0.4, -0.2) is 21.2 Å². The molecule has 4 nitrogen and oxygen atoms in total. The molecule has 1 N–H and O–H groups in total. The first-order chi connectivity index (χ1) is 8.75.